The number of rotatable bonds is 1. The first-order valence-electron chi connectivity index (χ1n) is 4.81. The lowest BCUT2D eigenvalue weighted by molar-refractivity contribution is -0.141. The second kappa shape index (κ2) is 4.25. The third kappa shape index (κ3) is 2.55. The molecule has 2 rings (SSSR count). The van der Waals surface area contributed by atoms with Gasteiger partial charge in [-0.1, -0.05) is 0 Å². The maximum atomic E-state index is 12.7. The topological polar surface area (TPSA) is 45.8 Å². The Kier molecular flexibility index (Phi) is 2.90. The van der Waals surface area contributed by atoms with Crippen LogP contribution in [0, 0.1) is 5.82 Å². The Hall–Kier alpha value is -2.18. The summed E-state index contributed by atoms with van der Waals surface area (Å²) >= 11 is 0. The summed E-state index contributed by atoms with van der Waals surface area (Å²) < 4.78 is 50.1. The average Bonchev–Trinajstić information content (AvgIpc) is 2.28. The molecule has 1 heterocycles. The molecule has 0 aliphatic carbocycles. The number of halogens is 4. The third-order valence-corrected chi connectivity index (χ3v) is 2.19. The zero-order valence-corrected chi connectivity index (χ0v) is 8.75. The van der Waals surface area contributed by atoms with Crippen molar-refractivity contribution in [3.63, 3.8) is 0 Å². The van der Waals surface area contributed by atoms with Crippen LogP contribution in [-0.2, 0) is 6.18 Å². The van der Waals surface area contributed by atoms with Gasteiger partial charge in [-0.25, -0.2) is 9.18 Å². The third-order valence-electron chi connectivity index (χ3n) is 2.19. The van der Waals surface area contributed by atoms with Gasteiger partial charge in [0, 0.05) is 5.56 Å². The van der Waals surface area contributed by atoms with Gasteiger partial charge in [0.1, 0.15) is 11.5 Å². The zero-order chi connectivity index (χ0) is 13.3. The van der Waals surface area contributed by atoms with Gasteiger partial charge in [-0.2, -0.15) is 18.2 Å². The molecule has 2 aromatic rings. The number of H-pyrrole nitrogens is 1. The Morgan fingerprint density at radius 1 is 1.11 bits per heavy atom. The summed E-state index contributed by atoms with van der Waals surface area (Å²) in [7, 11) is 0. The molecule has 0 aliphatic heterocycles. The SMILES string of the molecule is O=c1nc(-c2ccc(F)cc2)cc(C(F)(F)F)[nH]1. The van der Waals surface area contributed by atoms with E-state index in [1.807, 2.05) is 0 Å². The van der Waals surface area contributed by atoms with E-state index in [0.29, 0.717) is 6.07 Å². The van der Waals surface area contributed by atoms with E-state index in [2.05, 4.69) is 4.98 Å². The highest BCUT2D eigenvalue weighted by Crippen LogP contribution is 2.28. The molecule has 0 spiro atoms. The van der Waals surface area contributed by atoms with Gasteiger partial charge >= 0.3 is 11.9 Å². The van der Waals surface area contributed by atoms with Gasteiger partial charge < -0.3 is 4.98 Å². The van der Waals surface area contributed by atoms with Crippen LogP contribution in [0.5, 0.6) is 0 Å². The highest BCUT2D eigenvalue weighted by Gasteiger charge is 2.32. The molecular formula is C11H6F4N2O. The molecule has 3 nitrogen and oxygen atoms in total. The van der Waals surface area contributed by atoms with Crippen LogP contribution in [0.4, 0.5) is 17.6 Å². The summed E-state index contributed by atoms with van der Waals surface area (Å²) in [5.41, 5.74) is -2.23. The predicted molar refractivity (Wildman–Crippen MR) is 55.3 cm³/mol. The molecular weight excluding hydrogens is 252 g/mol. The first kappa shape index (κ1) is 12.3. The number of alkyl halides is 3. The molecule has 0 saturated carbocycles. The molecule has 1 aromatic heterocycles. The standard InChI is InChI=1S/C11H6F4N2O/c12-7-3-1-6(2-4-7)8-5-9(11(13,14)15)17-10(18)16-8/h1-5H,(H,16,17,18). The predicted octanol–water partition coefficient (Wildman–Crippen LogP) is 2.59. The van der Waals surface area contributed by atoms with Crippen molar-refractivity contribution in [2.75, 3.05) is 0 Å². The van der Waals surface area contributed by atoms with Crippen LogP contribution in [-0.4, -0.2) is 9.97 Å². The molecule has 0 atom stereocenters. The molecule has 94 valence electrons. The van der Waals surface area contributed by atoms with Gasteiger partial charge in [0.2, 0.25) is 0 Å². The molecule has 18 heavy (non-hydrogen) atoms. The number of aromatic amines is 1. The van der Waals surface area contributed by atoms with Crippen LogP contribution in [0.15, 0.2) is 35.1 Å². The molecule has 0 fully saturated rings. The largest absolute Gasteiger partial charge is 0.431 e. The maximum absolute atomic E-state index is 12.7. The molecule has 0 radical (unpaired) electrons. The molecule has 0 aliphatic rings. The van der Waals surface area contributed by atoms with Gasteiger partial charge in [-0.05, 0) is 30.3 Å². The number of aromatic nitrogens is 2. The van der Waals surface area contributed by atoms with Crippen molar-refractivity contribution < 1.29 is 17.6 Å². The Morgan fingerprint density at radius 2 is 1.72 bits per heavy atom. The van der Waals surface area contributed by atoms with Crippen LogP contribution < -0.4 is 5.69 Å². The van der Waals surface area contributed by atoms with Crippen molar-refractivity contribution in [2.45, 2.75) is 6.18 Å². The highest BCUT2D eigenvalue weighted by atomic mass is 19.4. The van der Waals surface area contributed by atoms with Crippen molar-refractivity contribution >= 4 is 0 Å². The molecule has 0 amide bonds. The normalized spacial score (nSPS) is 11.6. The molecule has 0 bridgehead atoms. The van der Waals surface area contributed by atoms with E-state index >= 15 is 0 Å². The first-order valence-corrected chi connectivity index (χ1v) is 4.81. The van der Waals surface area contributed by atoms with Gasteiger partial charge in [-0.15, -0.1) is 0 Å². The monoisotopic (exact) mass is 258 g/mol. The number of nitrogens with one attached hydrogen (secondary N) is 1. The summed E-state index contributed by atoms with van der Waals surface area (Å²) in [6.45, 7) is 0. The lowest BCUT2D eigenvalue weighted by Crippen LogP contribution is -2.19. The van der Waals surface area contributed by atoms with E-state index in [-0.39, 0.29) is 11.3 Å². The number of hydrogen-bond acceptors (Lipinski definition) is 2. The summed E-state index contributed by atoms with van der Waals surface area (Å²) in [6, 6.07) is 5.35. The quantitative estimate of drug-likeness (QED) is 0.799. The van der Waals surface area contributed by atoms with E-state index in [4.69, 9.17) is 0 Å². The van der Waals surface area contributed by atoms with E-state index in [9.17, 15) is 22.4 Å². The Labute approximate surface area is 98.1 Å². The van der Waals surface area contributed by atoms with E-state index in [0.717, 1.165) is 12.1 Å². The fourth-order valence-corrected chi connectivity index (χ4v) is 1.38. The van der Waals surface area contributed by atoms with Crippen LogP contribution in [0.3, 0.4) is 0 Å². The zero-order valence-electron chi connectivity index (χ0n) is 8.75. The van der Waals surface area contributed by atoms with Gasteiger partial charge in [0.25, 0.3) is 0 Å². The minimum Gasteiger partial charge on any atom is -0.302 e. The minimum atomic E-state index is -4.67. The molecule has 1 N–H and O–H groups in total. The Balaban J connectivity index is 2.55. The van der Waals surface area contributed by atoms with Crippen molar-refractivity contribution in [3.8, 4) is 11.3 Å². The smallest absolute Gasteiger partial charge is 0.302 e. The first-order chi connectivity index (χ1) is 8.36. The molecule has 7 heteroatoms. The molecule has 0 saturated heterocycles. The Bertz CT molecular complexity index is 616. The number of hydrogen-bond donors (Lipinski definition) is 1. The lowest BCUT2D eigenvalue weighted by Gasteiger charge is -2.07. The maximum Gasteiger partial charge on any atom is 0.431 e. The Morgan fingerprint density at radius 3 is 2.28 bits per heavy atom. The van der Waals surface area contributed by atoms with Crippen LogP contribution in [0.2, 0.25) is 0 Å². The fraction of sp³-hybridized carbons (Fsp3) is 0.0909. The van der Waals surface area contributed by atoms with Gasteiger partial charge in [0.15, 0.2) is 0 Å². The van der Waals surface area contributed by atoms with E-state index in [1.165, 1.54) is 12.1 Å². The van der Waals surface area contributed by atoms with Crippen molar-refractivity contribution in [1.82, 2.24) is 9.97 Å². The van der Waals surface area contributed by atoms with E-state index < -0.39 is 23.4 Å². The van der Waals surface area contributed by atoms with E-state index in [1.54, 1.807) is 4.98 Å². The van der Waals surface area contributed by atoms with Crippen LogP contribution in [0.25, 0.3) is 11.3 Å². The average molecular weight is 258 g/mol. The van der Waals surface area contributed by atoms with Gasteiger partial charge in [0.05, 0.1) is 5.69 Å². The summed E-state index contributed by atoms with van der Waals surface area (Å²) in [6.07, 6.45) is -4.67. The molecule has 1 aromatic carbocycles. The summed E-state index contributed by atoms with van der Waals surface area (Å²) in [5.74, 6) is -0.528. The summed E-state index contributed by atoms with van der Waals surface area (Å²) in [4.78, 5) is 16.1. The number of nitrogens with zero attached hydrogens (tertiary/aromatic N) is 1. The summed E-state index contributed by atoms with van der Waals surface area (Å²) in [5, 5.41) is 0. The second-order valence-electron chi connectivity index (χ2n) is 3.49. The van der Waals surface area contributed by atoms with Crippen molar-refractivity contribution in [1.29, 1.82) is 0 Å². The molecule has 0 unspecified atom stereocenters. The van der Waals surface area contributed by atoms with Crippen LogP contribution >= 0.6 is 0 Å². The highest BCUT2D eigenvalue weighted by molar-refractivity contribution is 5.58. The van der Waals surface area contributed by atoms with Gasteiger partial charge in [-0.3, -0.25) is 0 Å². The van der Waals surface area contributed by atoms with Crippen LogP contribution in [0.1, 0.15) is 5.69 Å². The minimum absolute atomic E-state index is 0.161. The lowest BCUT2D eigenvalue weighted by atomic mass is 10.1. The van der Waals surface area contributed by atoms with Crippen molar-refractivity contribution in [2.24, 2.45) is 0 Å². The van der Waals surface area contributed by atoms with Crippen molar-refractivity contribution in [3.05, 3.63) is 52.3 Å². The second-order valence-corrected chi connectivity index (χ2v) is 3.49. The number of benzene rings is 1. The fourth-order valence-electron chi connectivity index (χ4n) is 1.38.